The number of benzene rings is 1. The Bertz CT molecular complexity index is 671. The Hall–Kier alpha value is -2.90. The molecule has 2 N–H and O–H groups in total. The van der Waals surface area contributed by atoms with Gasteiger partial charge < -0.3 is 15.3 Å². The molecule has 8 nitrogen and oxygen atoms in total. The van der Waals surface area contributed by atoms with Crippen LogP contribution in [0.5, 0.6) is 5.75 Å². The zero-order valence-electron chi connectivity index (χ0n) is 13.5. The van der Waals surface area contributed by atoms with Crippen LogP contribution in [0.25, 0.3) is 0 Å². The number of likely N-dealkylation sites (N-methyl/N-ethyl adjacent to an activating group) is 1. The number of hydrogen-bond donors (Lipinski definition) is 2. The van der Waals surface area contributed by atoms with Crippen molar-refractivity contribution in [3.05, 3.63) is 29.8 Å². The quantitative estimate of drug-likeness (QED) is 0.777. The predicted molar refractivity (Wildman–Crippen MR) is 84.0 cm³/mol. The van der Waals surface area contributed by atoms with Crippen LogP contribution in [0.1, 0.15) is 25.5 Å². The van der Waals surface area contributed by atoms with E-state index in [1.54, 1.807) is 6.92 Å². The van der Waals surface area contributed by atoms with Gasteiger partial charge in [-0.15, -0.1) is 0 Å². The smallest absolute Gasteiger partial charge is 0.325 e. The number of nitrogens with one attached hydrogen (secondary N) is 1. The fourth-order valence-corrected chi connectivity index (χ4v) is 2.46. The second-order valence-corrected chi connectivity index (χ2v) is 5.43. The highest BCUT2D eigenvalue weighted by molar-refractivity contribution is 6.38. The summed E-state index contributed by atoms with van der Waals surface area (Å²) in [6, 6.07) is 4.04. The summed E-state index contributed by atoms with van der Waals surface area (Å²) in [6.45, 7) is 3.78. The first-order valence-corrected chi connectivity index (χ1v) is 7.55. The van der Waals surface area contributed by atoms with Gasteiger partial charge in [0.25, 0.3) is 0 Å². The van der Waals surface area contributed by atoms with Crippen LogP contribution in [-0.4, -0.2) is 58.2 Å². The summed E-state index contributed by atoms with van der Waals surface area (Å²) in [4.78, 5) is 50.2. The predicted octanol–water partition coefficient (Wildman–Crippen LogP) is 0.423. The number of rotatable bonds is 4. The molecule has 1 aromatic rings. The summed E-state index contributed by atoms with van der Waals surface area (Å²) in [7, 11) is 0. The van der Waals surface area contributed by atoms with E-state index in [2.05, 4.69) is 5.32 Å². The monoisotopic (exact) mass is 333 g/mol. The second kappa shape index (κ2) is 7.12. The maximum absolute atomic E-state index is 12.3. The molecule has 2 rings (SSSR count). The van der Waals surface area contributed by atoms with Crippen molar-refractivity contribution in [2.45, 2.75) is 19.9 Å². The van der Waals surface area contributed by atoms with Crippen molar-refractivity contribution in [3.63, 3.8) is 0 Å². The molecule has 1 unspecified atom stereocenters. The van der Waals surface area contributed by atoms with Gasteiger partial charge in [0.1, 0.15) is 11.8 Å². The number of carbonyl (C=O) groups is 4. The lowest BCUT2D eigenvalue weighted by Gasteiger charge is -2.32. The number of urea groups is 1. The number of ketones is 1. The maximum atomic E-state index is 12.3. The highest BCUT2D eigenvalue weighted by Gasteiger charge is 2.36. The van der Waals surface area contributed by atoms with Gasteiger partial charge in [0.15, 0.2) is 5.78 Å². The van der Waals surface area contributed by atoms with Crippen molar-refractivity contribution in [1.82, 2.24) is 15.1 Å². The first-order chi connectivity index (χ1) is 11.3. The Balaban J connectivity index is 2.14. The van der Waals surface area contributed by atoms with Gasteiger partial charge in [-0.25, -0.2) is 4.79 Å². The van der Waals surface area contributed by atoms with Crippen LogP contribution < -0.4 is 5.32 Å². The lowest BCUT2D eigenvalue weighted by Crippen LogP contribution is -2.58. The molecule has 128 valence electrons. The summed E-state index contributed by atoms with van der Waals surface area (Å²) in [5.41, 5.74) is 0.472. The minimum atomic E-state index is -0.967. The maximum Gasteiger partial charge on any atom is 0.325 e. The molecule has 1 aliphatic heterocycles. The third-order valence-electron chi connectivity index (χ3n) is 3.84. The van der Waals surface area contributed by atoms with Gasteiger partial charge in [0.05, 0.1) is 0 Å². The highest BCUT2D eigenvalue weighted by atomic mass is 16.3. The standard InChI is InChI=1S/C16H19N3O5/c1-3-18-8-9-19(15(23)14(18)22)16(24)17-13(10(2)20)11-4-6-12(21)7-5-11/h4-7,13,21H,3,8-9H2,1-2H3,(H,17,24). The number of hydrogen-bond acceptors (Lipinski definition) is 5. The molecular weight excluding hydrogens is 314 g/mol. The summed E-state index contributed by atoms with van der Waals surface area (Å²) in [6.07, 6.45) is 0. The van der Waals surface area contributed by atoms with Gasteiger partial charge in [0.2, 0.25) is 0 Å². The fourth-order valence-electron chi connectivity index (χ4n) is 2.46. The minimum Gasteiger partial charge on any atom is -0.508 e. The summed E-state index contributed by atoms with van der Waals surface area (Å²) < 4.78 is 0. The normalized spacial score (nSPS) is 16.1. The largest absolute Gasteiger partial charge is 0.508 e. The molecule has 1 fully saturated rings. The van der Waals surface area contributed by atoms with Gasteiger partial charge in [-0.05, 0) is 31.5 Å². The van der Waals surface area contributed by atoms with Crippen LogP contribution in [0, 0.1) is 0 Å². The topological polar surface area (TPSA) is 107 Å². The molecule has 0 spiro atoms. The number of phenolic OH excluding ortho intramolecular Hbond substituents is 1. The summed E-state index contributed by atoms with van der Waals surface area (Å²) >= 11 is 0. The fraction of sp³-hybridized carbons (Fsp3) is 0.375. The number of carbonyl (C=O) groups excluding carboxylic acids is 4. The van der Waals surface area contributed by atoms with Crippen molar-refractivity contribution in [2.75, 3.05) is 19.6 Å². The summed E-state index contributed by atoms with van der Waals surface area (Å²) in [5.74, 6) is -1.94. The van der Waals surface area contributed by atoms with E-state index >= 15 is 0 Å². The average molecular weight is 333 g/mol. The van der Waals surface area contributed by atoms with Crippen LogP contribution in [0.15, 0.2) is 24.3 Å². The number of Topliss-reactive ketones (excluding diaryl/α,β-unsaturated/α-hetero) is 1. The number of nitrogens with zero attached hydrogens (tertiary/aromatic N) is 2. The molecule has 0 bridgehead atoms. The average Bonchev–Trinajstić information content (AvgIpc) is 2.55. The lowest BCUT2D eigenvalue weighted by molar-refractivity contribution is -0.153. The molecule has 4 amide bonds. The van der Waals surface area contributed by atoms with Crippen LogP contribution in [0.4, 0.5) is 4.79 Å². The van der Waals surface area contributed by atoms with E-state index in [1.165, 1.54) is 36.1 Å². The van der Waals surface area contributed by atoms with Gasteiger partial charge in [-0.2, -0.15) is 0 Å². The molecule has 0 saturated carbocycles. The zero-order valence-corrected chi connectivity index (χ0v) is 13.5. The number of imide groups is 1. The van der Waals surface area contributed by atoms with Crippen LogP contribution in [0.2, 0.25) is 0 Å². The highest BCUT2D eigenvalue weighted by Crippen LogP contribution is 2.18. The molecule has 1 atom stereocenters. The Morgan fingerprint density at radius 2 is 1.79 bits per heavy atom. The number of piperazine rings is 1. The van der Waals surface area contributed by atoms with E-state index in [0.29, 0.717) is 12.1 Å². The molecule has 0 aliphatic carbocycles. The van der Waals surface area contributed by atoms with Crippen LogP contribution >= 0.6 is 0 Å². The van der Waals surface area contributed by atoms with Gasteiger partial charge in [-0.3, -0.25) is 19.3 Å². The number of amides is 4. The number of aromatic hydroxyl groups is 1. The molecule has 1 heterocycles. The van der Waals surface area contributed by atoms with Gasteiger partial charge >= 0.3 is 17.8 Å². The molecule has 1 saturated heterocycles. The van der Waals surface area contributed by atoms with E-state index in [1.807, 2.05) is 0 Å². The van der Waals surface area contributed by atoms with Gasteiger partial charge in [-0.1, -0.05) is 12.1 Å². The second-order valence-electron chi connectivity index (χ2n) is 5.43. The van der Waals surface area contributed by atoms with Crippen molar-refractivity contribution >= 4 is 23.6 Å². The Morgan fingerprint density at radius 1 is 1.17 bits per heavy atom. The minimum absolute atomic E-state index is 0.0313. The van der Waals surface area contributed by atoms with E-state index in [9.17, 15) is 24.3 Å². The van der Waals surface area contributed by atoms with Crippen LogP contribution in [-0.2, 0) is 14.4 Å². The van der Waals surface area contributed by atoms with E-state index in [-0.39, 0.29) is 24.6 Å². The molecule has 8 heteroatoms. The van der Waals surface area contributed by atoms with Crippen molar-refractivity contribution < 1.29 is 24.3 Å². The van der Waals surface area contributed by atoms with Gasteiger partial charge in [0, 0.05) is 19.6 Å². The lowest BCUT2D eigenvalue weighted by atomic mass is 10.0. The molecule has 0 aromatic heterocycles. The van der Waals surface area contributed by atoms with Crippen molar-refractivity contribution in [1.29, 1.82) is 0 Å². The SMILES string of the molecule is CCN1CCN(C(=O)NC(C(C)=O)c2ccc(O)cc2)C(=O)C1=O. The first-order valence-electron chi connectivity index (χ1n) is 7.55. The van der Waals surface area contributed by atoms with Crippen molar-refractivity contribution in [3.8, 4) is 5.75 Å². The first kappa shape index (κ1) is 17.5. The van der Waals surface area contributed by atoms with E-state index < -0.39 is 23.9 Å². The molecule has 24 heavy (non-hydrogen) atoms. The molecular formula is C16H19N3O5. The Kier molecular flexibility index (Phi) is 5.18. The third-order valence-corrected chi connectivity index (χ3v) is 3.84. The number of phenols is 1. The van der Waals surface area contributed by atoms with Crippen molar-refractivity contribution in [2.24, 2.45) is 0 Å². The molecule has 1 aliphatic rings. The zero-order chi connectivity index (χ0) is 17.9. The molecule has 0 radical (unpaired) electrons. The van der Waals surface area contributed by atoms with E-state index in [4.69, 9.17) is 0 Å². The van der Waals surface area contributed by atoms with Crippen LogP contribution in [0.3, 0.4) is 0 Å². The third kappa shape index (κ3) is 3.53. The Labute approximate surface area is 139 Å². The molecule has 1 aromatic carbocycles. The van der Waals surface area contributed by atoms with E-state index in [0.717, 1.165) is 4.90 Å². The summed E-state index contributed by atoms with van der Waals surface area (Å²) in [5, 5.41) is 11.8. The Morgan fingerprint density at radius 3 is 2.33 bits per heavy atom.